The predicted molar refractivity (Wildman–Crippen MR) is 92.0 cm³/mol. The Balaban J connectivity index is 2.52. The van der Waals surface area contributed by atoms with Crippen molar-refractivity contribution < 1.29 is 0 Å². The summed E-state index contributed by atoms with van der Waals surface area (Å²) in [6.07, 6.45) is 0. The molecule has 0 spiro atoms. The van der Waals surface area contributed by atoms with E-state index in [1.54, 1.807) is 0 Å². The van der Waals surface area contributed by atoms with Crippen LogP contribution >= 0.6 is 15.9 Å². The molecule has 1 aromatic carbocycles. The van der Waals surface area contributed by atoms with Gasteiger partial charge in [0.05, 0.1) is 0 Å². The minimum atomic E-state index is 0.179. The van der Waals surface area contributed by atoms with Gasteiger partial charge in [-0.15, -0.1) is 0 Å². The van der Waals surface area contributed by atoms with E-state index < -0.39 is 0 Å². The summed E-state index contributed by atoms with van der Waals surface area (Å²) < 4.78 is 1.19. The highest BCUT2D eigenvalue weighted by Crippen LogP contribution is 2.21. The van der Waals surface area contributed by atoms with Crippen LogP contribution in [0.5, 0.6) is 0 Å². The van der Waals surface area contributed by atoms with E-state index in [9.17, 15) is 0 Å². The van der Waals surface area contributed by atoms with Crippen molar-refractivity contribution in [3.05, 3.63) is 34.3 Å². The standard InChI is InChI=1S/C17H29BrN2/c1-16(2,3)19-12-17(4,5)13-20(6)11-14-9-7-8-10-15(14)18/h7-10,19H,11-13H2,1-6H3. The van der Waals surface area contributed by atoms with Gasteiger partial charge in [0.15, 0.2) is 0 Å². The van der Waals surface area contributed by atoms with Crippen molar-refractivity contribution in [1.29, 1.82) is 0 Å². The van der Waals surface area contributed by atoms with Crippen LogP contribution in [0.4, 0.5) is 0 Å². The summed E-state index contributed by atoms with van der Waals surface area (Å²) >= 11 is 3.62. The molecular weight excluding hydrogens is 312 g/mol. The summed E-state index contributed by atoms with van der Waals surface area (Å²) in [7, 11) is 2.19. The molecule has 0 aliphatic rings. The number of nitrogens with zero attached hydrogens (tertiary/aromatic N) is 1. The second kappa shape index (κ2) is 7.06. The first-order valence-corrected chi connectivity index (χ1v) is 8.05. The minimum absolute atomic E-state index is 0.179. The molecule has 1 rings (SSSR count). The summed E-state index contributed by atoms with van der Waals surface area (Å²) in [5.74, 6) is 0. The Labute approximate surface area is 133 Å². The Morgan fingerprint density at radius 3 is 2.25 bits per heavy atom. The van der Waals surface area contributed by atoms with Crippen LogP contribution in [-0.4, -0.2) is 30.6 Å². The number of benzene rings is 1. The quantitative estimate of drug-likeness (QED) is 0.830. The highest BCUT2D eigenvalue weighted by molar-refractivity contribution is 9.10. The Kier molecular flexibility index (Phi) is 6.24. The van der Waals surface area contributed by atoms with Crippen molar-refractivity contribution in [3.63, 3.8) is 0 Å². The van der Waals surface area contributed by atoms with E-state index in [1.165, 1.54) is 10.0 Å². The van der Waals surface area contributed by atoms with Gasteiger partial charge in [-0.1, -0.05) is 48.0 Å². The molecular formula is C17H29BrN2. The summed E-state index contributed by atoms with van der Waals surface area (Å²) in [6.45, 7) is 14.4. The summed E-state index contributed by atoms with van der Waals surface area (Å²) in [4.78, 5) is 2.39. The third-order valence-corrected chi connectivity index (χ3v) is 3.97. The van der Waals surface area contributed by atoms with Crippen molar-refractivity contribution in [3.8, 4) is 0 Å². The zero-order chi connectivity index (χ0) is 15.4. The summed E-state index contributed by atoms with van der Waals surface area (Å²) in [5.41, 5.74) is 1.77. The molecule has 2 nitrogen and oxygen atoms in total. The number of hydrogen-bond donors (Lipinski definition) is 1. The first-order valence-electron chi connectivity index (χ1n) is 7.26. The van der Waals surface area contributed by atoms with Gasteiger partial charge < -0.3 is 10.2 Å². The molecule has 20 heavy (non-hydrogen) atoms. The van der Waals surface area contributed by atoms with E-state index in [1.807, 2.05) is 0 Å². The van der Waals surface area contributed by atoms with Gasteiger partial charge in [0, 0.05) is 29.6 Å². The average Bonchev–Trinajstić information content (AvgIpc) is 2.28. The van der Waals surface area contributed by atoms with Gasteiger partial charge >= 0.3 is 0 Å². The molecule has 1 N–H and O–H groups in total. The number of hydrogen-bond acceptors (Lipinski definition) is 2. The minimum Gasteiger partial charge on any atom is -0.311 e. The van der Waals surface area contributed by atoms with E-state index in [0.29, 0.717) is 0 Å². The van der Waals surface area contributed by atoms with Crippen molar-refractivity contribution in [2.45, 2.75) is 46.7 Å². The number of nitrogens with one attached hydrogen (secondary N) is 1. The molecule has 0 unspecified atom stereocenters. The fourth-order valence-corrected chi connectivity index (χ4v) is 2.67. The lowest BCUT2D eigenvalue weighted by atomic mass is 9.91. The van der Waals surface area contributed by atoms with E-state index in [2.05, 4.69) is 92.1 Å². The van der Waals surface area contributed by atoms with Gasteiger partial charge in [0.1, 0.15) is 0 Å². The first-order chi connectivity index (χ1) is 9.09. The fraction of sp³-hybridized carbons (Fsp3) is 0.647. The molecule has 1 aromatic rings. The Hall–Kier alpha value is -0.380. The molecule has 3 heteroatoms. The third kappa shape index (κ3) is 6.87. The molecule has 0 bridgehead atoms. The predicted octanol–water partition coefficient (Wildman–Crippen LogP) is 4.30. The van der Waals surface area contributed by atoms with Gasteiger partial charge in [-0.25, -0.2) is 0 Å². The van der Waals surface area contributed by atoms with Crippen LogP contribution in [-0.2, 0) is 6.54 Å². The molecule has 0 aliphatic carbocycles. The lowest BCUT2D eigenvalue weighted by Gasteiger charge is -2.34. The van der Waals surface area contributed by atoms with Crippen molar-refractivity contribution in [2.75, 3.05) is 20.1 Å². The van der Waals surface area contributed by atoms with E-state index >= 15 is 0 Å². The topological polar surface area (TPSA) is 15.3 Å². The van der Waals surface area contributed by atoms with Crippen LogP contribution in [0.1, 0.15) is 40.2 Å². The maximum absolute atomic E-state index is 3.62. The van der Waals surface area contributed by atoms with Crippen LogP contribution in [0, 0.1) is 5.41 Å². The van der Waals surface area contributed by atoms with Crippen LogP contribution in [0.3, 0.4) is 0 Å². The number of rotatable bonds is 6. The lowest BCUT2D eigenvalue weighted by molar-refractivity contribution is 0.186. The van der Waals surface area contributed by atoms with Gasteiger partial charge in [-0.3, -0.25) is 0 Å². The zero-order valence-electron chi connectivity index (χ0n) is 13.8. The zero-order valence-corrected chi connectivity index (χ0v) is 15.3. The van der Waals surface area contributed by atoms with Crippen LogP contribution in [0.2, 0.25) is 0 Å². The SMILES string of the molecule is CN(Cc1ccccc1Br)CC(C)(C)CNC(C)(C)C. The molecule has 0 saturated heterocycles. The third-order valence-electron chi connectivity index (χ3n) is 3.19. The molecule has 0 heterocycles. The van der Waals surface area contributed by atoms with Gasteiger partial charge in [-0.05, 0) is 44.9 Å². The lowest BCUT2D eigenvalue weighted by Crippen LogP contribution is -2.45. The Bertz CT molecular complexity index is 421. The first kappa shape index (κ1) is 17.7. The molecule has 0 saturated carbocycles. The largest absolute Gasteiger partial charge is 0.311 e. The fourth-order valence-electron chi connectivity index (χ4n) is 2.26. The van der Waals surface area contributed by atoms with Crippen molar-refractivity contribution in [2.24, 2.45) is 5.41 Å². The van der Waals surface area contributed by atoms with Crippen LogP contribution in [0.25, 0.3) is 0 Å². The highest BCUT2D eigenvalue weighted by Gasteiger charge is 2.22. The molecule has 0 aliphatic heterocycles. The Morgan fingerprint density at radius 1 is 1.10 bits per heavy atom. The van der Waals surface area contributed by atoms with Crippen molar-refractivity contribution in [1.82, 2.24) is 10.2 Å². The van der Waals surface area contributed by atoms with E-state index in [4.69, 9.17) is 0 Å². The normalized spacial score (nSPS) is 13.0. The summed E-state index contributed by atoms with van der Waals surface area (Å²) in [5, 5.41) is 3.61. The maximum Gasteiger partial charge on any atom is 0.0242 e. The van der Waals surface area contributed by atoms with Gasteiger partial charge in [-0.2, -0.15) is 0 Å². The van der Waals surface area contributed by atoms with E-state index in [-0.39, 0.29) is 11.0 Å². The van der Waals surface area contributed by atoms with E-state index in [0.717, 1.165) is 19.6 Å². The second-order valence-electron chi connectivity index (χ2n) is 7.53. The molecule has 114 valence electrons. The molecule has 0 aromatic heterocycles. The number of halogens is 1. The summed E-state index contributed by atoms with van der Waals surface area (Å²) in [6, 6.07) is 8.45. The van der Waals surface area contributed by atoms with Gasteiger partial charge in [0.2, 0.25) is 0 Å². The Morgan fingerprint density at radius 2 is 1.70 bits per heavy atom. The molecule has 0 amide bonds. The molecule has 0 radical (unpaired) electrons. The monoisotopic (exact) mass is 340 g/mol. The van der Waals surface area contributed by atoms with Crippen LogP contribution in [0.15, 0.2) is 28.7 Å². The smallest absolute Gasteiger partial charge is 0.0242 e. The average molecular weight is 341 g/mol. The highest BCUT2D eigenvalue weighted by atomic mass is 79.9. The van der Waals surface area contributed by atoms with Crippen molar-refractivity contribution >= 4 is 15.9 Å². The molecule has 0 fully saturated rings. The maximum atomic E-state index is 3.62. The van der Waals surface area contributed by atoms with Crippen LogP contribution < -0.4 is 5.32 Å². The second-order valence-corrected chi connectivity index (χ2v) is 8.39. The van der Waals surface area contributed by atoms with Gasteiger partial charge in [0.25, 0.3) is 0 Å². The molecule has 0 atom stereocenters.